The molecule has 4 nitrogen and oxygen atoms in total. The first-order valence-electron chi connectivity index (χ1n) is 7.34. The van der Waals surface area contributed by atoms with Crippen molar-refractivity contribution in [1.82, 2.24) is 9.80 Å². The number of benzene rings is 1. The molecular formula is C16H19BrN2O2. The van der Waals surface area contributed by atoms with Gasteiger partial charge in [0.25, 0.3) is 0 Å². The molecule has 4 heterocycles. The molecule has 1 aromatic carbocycles. The van der Waals surface area contributed by atoms with Crippen molar-refractivity contribution in [3.05, 3.63) is 28.2 Å². The van der Waals surface area contributed by atoms with Crippen LogP contribution in [-0.4, -0.2) is 46.9 Å². The number of aromatic hydroxyl groups is 1. The highest BCUT2D eigenvalue weighted by Crippen LogP contribution is 2.52. The van der Waals surface area contributed by atoms with Gasteiger partial charge in [-0.15, -0.1) is 0 Å². The normalized spacial score (nSPS) is 44.3. The fourth-order valence-corrected chi connectivity index (χ4v) is 5.07. The minimum atomic E-state index is -0.257. The molecule has 4 aliphatic rings. The van der Waals surface area contributed by atoms with Crippen LogP contribution in [0.5, 0.6) is 5.75 Å². The number of phenolic OH excluding ortho intramolecular Hbond substituents is 1. The molecule has 5 rings (SSSR count). The summed E-state index contributed by atoms with van der Waals surface area (Å²) in [6.07, 6.45) is 0.0901. The van der Waals surface area contributed by atoms with Crippen LogP contribution in [0, 0.1) is 10.8 Å². The maximum absolute atomic E-state index is 12.7. The summed E-state index contributed by atoms with van der Waals surface area (Å²) in [6.45, 7) is 7.33. The summed E-state index contributed by atoms with van der Waals surface area (Å²) in [5, 5.41) is 10.3. The third-order valence-electron chi connectivity index (χ3n) is 5.27. The lowest BCUT2D eigenvalue weighted by Crippen LogP contribution is -2.75. The van der Waals surface area contributed by atoms with Gasteiger partial charge >= 0.3 is 0 Å². The highest BCUT2D eigenvalue weighted by Gasteiger charge is 2.62. The summed E-state index contributed by atoms with van der Waals surface area (Å²) in [4.78, 5) is 17.4. The van der Waals surface area contributed by atoms with Crippen molar-refractivity contribution in [2.75, 3.05) is 26.2 Å². The number of carbonyl (C=O) groups excluding carboxylic acids is 1. The van der Waals surface area contributed by atoms with E-state index in [4.69, 9.17) is 0 Å². The van der Waals surface area contributed by atoms with Crippen molar-refractivity contribution >= 4 is 21.7 Å². The van der Waals surface area contributed by atoms with E-state index in [0.717, 1.165) is 36.2 Å². The highest BCUT2D eigenvalue weighted by atomic mass is 79.9. The van der Waals surface area contributed by atoms with Gasteiger partial charge in [-0.25, -0.2) is 0 Å². The van der Waals surface area contributed by atoms with E-state index < -0.39 is 0 Å². The third-order valence-corrected chi connectivity index (χ3v) is 5.76. The van der Waals surface area contributed by atoms with Gasteiger partial charge in [-0.3, -0.25) is 14.6 Å². The second-order valence-electron chi connectivity index (χ2n) is 7.34. The SMILES string of the molecule is CC12CN3CC(C)(CN(C1)C3c1ccc(Br)cc1O)C2=O. The molecule has 0 spiro atoms. The number of hydrogen-bond donors (Lipinski definition) is 1. The van der Waals surface area contributed by atoms with E-state index in [1.807, 2.05) is 12.1 Å². The molecular weight excluding hydrogens is 332 g/mol. The van der Waals surface area contributed by atoms with Crippen molar-refractivity contribution in [1.29, 1.82) is 0 Å². The number of hydrogen-bond acceptors (Lipinski definition) is 4. The minimum Gasteiger partial charge on any atom is -0.508 e. The zero-order valence-electron chi connectivity index (χ0n) is 12.3. The van der Waals surface area contributed by atoms with Crippen molar-refractivity contribution in [3.8, 4) is 5.75 Å². The van der Waals surface area contributed by atoms with E-state index in [1.165, 1.54) is 0 Å². The van der Waals surface area contributed by atoms with Crippen LogP contribution in [0.2, 0.25) is 0 Å². The van der Waals surface area contributed by atoms with Crippen molar-refractivity contribution in [2.45, 2.75) is 20.0 Å². The number of ketones is 1. The predicted molar refractivity (Wildman–Crippen MR) is 82.9 cm³/mol. The minimum absolute atomic E-state index is 0.0901. The lowest BCUT2D eigenvalue weighted by atomic mass is 9.62. The average molecular weight is 351 g/mol. The van der Waals surface area contributed by atoms with E-state index in [-0.39, 0.29) is 17.0 Å². The topological polar surface area (TPSA) is 43.8 Å². The van der Waals surface area contributed by atoms with Gasteiger partial charge in [0.15, 0.2) is 0 Å². The van der Waals surface area contributed by atoms with Gasteiger partial charge in [-0.05, 0) is 12.1 Å². The number of phenols is 1. The van der Waals surface area contributed by atoms with Gasteiger partial charge in [0.1, 0.15) is 11.5 Å². The molecule has 1 aromatic rings. The molecule has 0 amide bonds. The first-order chi connectivity index (χ1) is 9.82. The van der Waals surface area contributed by atoms with Gasteiger partial charge in [0.05, 0.1) is 17.0 Å². The van der Waals surface area contributed by atoms with Gasteiger partial charge in [0.2, 0.25) is 0 Å². The van der Waals surface area contributed by atoms with Gasteiger partial charge < -0.3 is 5.11 Å². The smallest absolute Gasteiger partial charge is 0.149 e. The zero-order chi connectivity index (χ0) is 15.0. The molecule has 0 radical (unpaired) electrons. The van der Waals surface area contributed by atoms with Crippen LogP contribution in [-0.2, 0) is 4.79 Å². The molecule has 0 unspecified atom stereocenters. The van der Waals surface area contributed by atoms with E-state index in [0.29, 0.717) is 11.5 Å². The molecule has 112 valence electrons. The largest absolute Gasteiger partial charge is 0.508 e. The predicted octanol–water partition coefficient (Wildman–Crippen LogP) is 2.38. The Kier molecular flexibility index (Phi) is 2.67. The number of carbonyl (C=O) groups is 1. The molecule has 0 aliphatic carbocycles. The maximum atomic E-state index is 12.7. The lowest BCUT2D eigenvalue weighted by Gasteiger charge is -2.64. The molecule has 4 fully saturated rings. The number of Topliss-reactive ketones (excluding diaryl/α,β-unsaturated/α-hetero) is 1. The Morgan fingerprint density at radius 2 is 1.67 bits per heavy atom. The first-order valence-corrected chi connectivity index (χ1v) is 8.13. The van der Waals surface area contributed by atoms with Crippen molar-refractivity contribution in [2.24, 2.45) is 10.8 Å². The molecule has 0 saturated carbocycles. The average Bonchev–Trinajstić information content (AvgIpc) is 2.36. The fraction of sp³-hybridized carbons (Fsp3) is 0.562. The second kappa shape index (κ2) is 4.09. The Morgan fingerprint density at radius 3 is 2.14 bits per heavy atom. The van der Waals surface area contributed by atoms with Crippen LogP contribution in [0.3, 0.4) is 0 Å². The standard InChI is InChI=1S/C16H19BrN2O2/c1-15-6-18-8-16(2,14(15)21)9-19(7-15)13(18)11-4-3-10(17)5-12(11)20/h3-5,13,20H,6-9H2,1-2H3. The molecule has 5 heteroatoms. The van der Waals surface area contributed by atoms with Crippen LogP contribution in [0.1, 0.15) is 25.6 Å². The molecule has 0 atom stereocenters. The Morgan fingerprint density at radius 1 is 1.14 bits per heavy atom. The molecule has 4 aliphatic heterocycles. The fourth-order valence-electron chi connectivity index (χ4n) is 4.73. The van der Waals surface area contributed by atoms with Gasteiger partial charge in [0, 0.05) is 36.2 Å². The Hall–Kier alpha value is -0.910. The maximum Gasteiger partial charge on any atom is 0.149 e. The number of halogens is 1. The summed E-state index contributed by atoms with van der Waals surface area (Å²) in [7, 11) is 0. The van der Waals surface area contributed by atoms with Crippen LogP contribution < -0.4 is 0 Å². The quantitative estimate of drug-likeness (QED) is 0.844. The van der Waals surface area contributed by atoms with Crippen molar-refractivity contribution < 1.29 is 9.90 Å². The third kappa shape index (κ3) is 1.77. The number of rotatable bonds is 1. The zero-order valence-corrected chi connectivity index (χ0v) is 13.9. The van der Waals surface area contributed by atoms with Crippen LogP contribution in [0.25, 0.3) is 0 Å². The van der Waals surface area contributed by atoms with Crippen LogP contribution in [0.15, 0.2) is 22.7 Å². The summed E-state index contributed by atoms with van der Waals surface area (Å²) in [5.74, 6) is 0.740. The Balaban J connectivity index is 1.77. The molecule has 0 aromatic heterocycles. The van der Waals surface area contributed by atoms with Crippen molar-refractivity contribution in [3.63, 3.8) is 0 Å². The monoisotopic (exact) mass is 350 g/mol. The van der Waals surface area contributed by atoms with E-state index in [9.17, 15) is 9.90 Å². The lowest BCUT2D eigenvalue weighted by molar-refractivity contribution is -0.197. The molecule has 4 saturated heterocycles. The van der Waals surface area contributed by atoms with Gasteiger partial charge in [-0.2, -0.15) is 0 Å². The van der Waals surface area contributed by atoms with E-state index >= 15 is 0 Å². The molecule has 1 N–H and O–H groups in total. The summed E-state index contributed by atoms with van der Waals surface area (Å²) < 4.78 is 0.881. The first kappa shape index (κ1) is 13.7. The molecule has 4 bridgehead atoms. The second-order valence-corrected chi connectivity index (χ2v) is 8.25. The summed E-state index contributed by atoms with van der Waals surface area (Å²) in [5.41, 5.74) is 0.427. The van der Waals surface area contributed by atoms with Crippen LogP contribution in [0.4, 0.5) is 0 Å². The highest BCUT2D eigenvalue weighted by molar-refractivity contribution is 9.10. The van der Waals surface area contributed by atoms with Gasteiger partial charge in [-0.1, -0.05) is 35.8 Å². The summed E-state index contributed by atoms with van der Waals surface area (Å²) >= 11 is 3.39. The Bertz CT molecular complexity index is 605. The number of piperidine rings is 2. The molecule has 21 heavy (non-hydrogen) atoms. The summed E-state index contributed by atoms with van der Waals surface area (Å²) in [6, 6.07) is 5.70. The van der Waals surface area contributed by atoms with Crippen LogP contribution >= 0.6 is 15.9 Å². The Labute approximate surface area is 132 Å². The number of nitrogens with zero attached hydrogens (tertiary/aromatic N) is 2. The van der Waals surface area contributed by atoms with E-state index in [2.05, 4.69) is 39.6 Å². The van der Waals surface area contributed by atoms with E-state index in [1.54, 1.807) is 6.07 Å².